The van der Waals surface area contributed by atoms with Crippen LogP contribution in [0.1, 0.15) is 125 Å². The summed E-state index contributed by atoms with van der Waals surface area (Å²) in [4.78, 5) is 0. The minimum absolute atomic E-state index is 0.510. The van der Waals surface area contributed by atoms with Crippen LogP contribution in [0.2, 0.25) is 13.1 Å². The van der Waals surface area contributed by atoms with Crippen molar-refractivity contribution in [1.29, 1.82) is 0 Å². The Bertz CT molecular complexity index is 1790. The van der Waals surface area contributed by atoms with E-state index in [-0.39, 0.29) is 0 Å². The molecule has 4 bridgehead atoms. The van der Waals surface area contributed by atoms with E-state index in [9.17, 15) is 0 Å². The van der Waals surface area contributed by atoms with Gasteiger partial charge in [-0.1, -0.05) is 107 Å². The third kappa shape index (κ3) is 9.10. The fourth-order valence-electron chi connectivity index (χ4n) is 10.7. The SMILES string of the molecule is CCC(C)c1cccc2[cH-]c(C3CCCCC3)cc12.C[Si]C.Cc1cc2c(-c3ccc(C45CC6CC(CC(C6)C4)C5)cc3)cccc2[cH-]1.[Cl][Zr+2][Cl]. The summed E-state index contributed by atoms with van der Waals surface area (Å²) >= 11 is -0.826. The van der Waals surface area contributed by atoms with Crippen LogP contribution in [0.5, 0.6) is 0 Å². The van der Waals surface area contributed by atoms with Crippen LogP contribution < -0.4 is 0 Å². The van der Waals surface area contributed by atoms with Gasteiger partial charge in [0.15, 0.2) is 0 Å². The van der Waals surface area contributed by atoms with Crippen LogP contribution in [0, 0.1) is 24.7 Å². The van der Waals surface area contributed by atoms with Crippen molar-refractivity contribution in [2.24, 2.45) is 17.8 Å². The summed E-state index contributed by atoms with van der Waals surface area (Å²) in [5.41, 5.74) is 9.40. The minimum atomic E-state index is -0.826. The monoisotopic (exact) mass is 810 g/mol. The third-order valence-corrected chi connectivity index (χ3v) is 12.8. The molecule has 5 saturated carbocycles. The van der Waals surface area contributed by atoms with E-state index in [1.807, 2.05) is 0 Å². The predicted octanol–water partition coefficient (Wildman–Crippen LogP) is 15.3. The average molecular weight is 813 g/mol. The Morgan fingerprint density at radius 2 is 1.35 bits per heavy atom. The Morgan fingerprint density at radius 3 is 1.94 bits per heavy atom. The number of aryl methyl sites for hydroxylation is 1. The summed E-state index contributed by atoms with van der Waals surface area (Å²) in [5, 5.41) is 5.73. The summed E-state index contributed by atoms with van der Waals surface area (Å²) < 4.78 is 0. The van der Waals surface area contributed by atoms with Crippen molar-refractivity contribution in [2.75, 3.05) is 0 Å². The summed E-state index contributed by atoms with van der Waals surface area (Å²) in [6, 6.07) is 32.8. The maximum atomic E-state index is 4.93. The molecule has 1 unspecified atom stereocenters. The van der Waals surface area contributed by atoms with Crippen LogP contribution in [-0.4, -0.2) is 9.52 Å². The van der Waals surface area contributed by atoms with Crippen LogP contribution in [0.3, 0.4) is 0 Å². The number of hydrogen-bond donors (Lipinski definition) is 0. The van der Waals surface area contributed by atoms with Crippen molar-refractivity contribution in [3.05, 3.63) is 107 Å². The first kappa shape index (κ1) is 39.3. The number of fused-ring (bicyclic) bond motifs is 2. The Hall–Kier alpha value is -1.44. The Morgan fingerprint density at radius 1 is 0.784 bits per heavy atom. The molecule has 4 heteroatoms. The Labute approximate surface area is 330 Å². The van der Waals surface area contributed by atoms with Gasteiger partial charge in [-0.3, -0.25) is 0 Å². The molecule has 5 aromatic carbocycles. The van der Waals surface area contributed by atoms with Gasteiger partial charge in [-0.2, -0.15) is 12.1 Å². The quantitative estimate of drug-likeness (QED) is 0.122. The second kappa shape index (κ2) is 18.3. The second-order valence-corrected chi connectivity index (χ2v) is 21.2. The molecule has 0 aliphatic heterocycles. The zero-order valence-corrected chi connectivity index (χ0v) is 36.7. The third-order valence-electron chi connectivity index (χ3n) is 12.8. The van der Waals surface area contributed by atoms with Gasteiger partial charge in [0.2, 0.25) is 0 Å². The number of rotatable bonds is 5. The number of hydrogen-bond acceptors (Lipinski definition) is 0. The normalized spacial score (nSPS) is 24.1. The summed E-state index contributed by atoms with van der Waals surface area (Å²) in [6.45, 7) is 11.1. The van der Waals surface area contributed by atoms with E-state index < -0.39 is 20.8 Å². The van der Waals surface area contributed by atoms with Crippen LogP contribution >= 0.6 is 17.0 Å². The molecule has 0 saturated heterocycles. The van der Waals surface area contributed by atoms with E-state index in [0.717, 1.165) is 33.2 Å². The first-order chi connectivity index (χ1) is 24.8. The Kier molecular flexibility index (Phi) is 14.1. The van der Waals surface area contributed by atoms with E-state index >= 15 is 0 Å². The van der Waals surface area contributed by atoms with Gasteiger partial charge in [-0.25, -0.2) is 0 Å². The van der Waals surface area contributed by atoms with Gasteiger partial charge in [0, 0.05) is 9.52 Å². The molecule has 0 N–H and O–H groups in total. The van der Waals surface area contributed by atoms with Gasteiger partial charge < -0.3 is 0 Å². The van der Waals surface area contributed by atoms with Gasteiger partial charge in [0.1, 0.15) is 0 Å². The summed E-state index contributed by atoms with van der Waals surface area (Å²) in [7, 11) is 11.0. The molecule has 5 aliphatic rings. The van der Waals surface area contributed by atoms with Crippen LogP contribution in [0.4, 0.5) is 0 Å². The molecule has 0 nitrogen and oxygen atoms in total. The van der Waals surface area contributed by atoms with Crippen molar-refractivity contribution in [1.82, 2.24) is 0 Å². The molecule has 51 heavy (non-hydrogen) atoms. The molecule has 2 radical (unpaired) electrons. The first-order valence-electron chi connectivity index (χ1n) is 19.8. The molecule has 0 heterocycles. The molecule has 0 spiro atoms. The molecule has 268 valence electrons. The Balaban J connectivity index is 0.000000158. The fourth-order valence-corrected chi connectivity index (χ4v) is 10.7. The van der Waals surface area contributed by atoms with Gasteiger partial charge in [-0.05, 0) is 97.5 Å². The van der Waals surface area contributed by atoms with E-state index in [1.165, 1.54) is 115 Å². The maximum absolute atomic E-state index is 4.93. The van der Waals surface area contributed by atoms with Gasteiger partial charge in [0.25, 0.3) is 0 Å². The van der Waals surface area contributed by atoms with Crippen molar-refractivity contribution in [3.8, 4) is 11.1 Å². The average Bonchev–Trinajstić information content (AvgIpc) is 3.75. The zero-order chi connectivity index (χ0) is 36.0. The van der Waals surface area contributed by atoms with E-state index in [4.69, 9.17) is 17.0 Å². The molecular formula is C47H58Cl2SiZr. The first-order valence-corrected chi connectivity index (χ1v) is 28.1. The second-order valence-electron chi connectivity index (χ2n) is 16.5. The topological polar surface area (TPSA) is 0 Å². The van der Waals surface area contributed by atoms with E-state index in [0.29, 0.717) is 11.3 Å². The standard InChI is InChI=1S/C26H27.C19H25.C2H6Si.2ClH.Zr/c1-17-9-22-3-2-4-24(25(22)10-17)21-5-7-23(8-6-21)26-14-18-11-19(15-26)13-20(12-18)16-26;1-3-14(2)18-11-7-10-16-12-17(13-19(16)18)15-8-5-4-6-9-15;1-3-2;;;/h2-10,18-20H,11-16H2,1H3;7,10-15H,3-6,8-9H2,1-2H3;1-2H3;2*1H;/q2*-1;;;;+4/p-2. The number of benzene rings is 3. The predicted molar refractivity (Wildman–Crippen MR) is 223 cm³/mol. The molecule has 1 atom stereocenters. The van der Waals surface area contributed by atoms with Crippen molar-refractivity contribution in [2.45, 2.75) is 128 Å². The van der Waals surface area contributed by atoms with Crippen molar-refractivity contribution >= 4 is 48.1 Å². The van der Waals surface area contributed by atoms with E-state index in [1.54, 1.807) is 16.7 Å². The zero-order valence-electron chi connectivity index (χ0n) is 31.7. The van der Waals surface area contributed by atoms with Crippen molar-refractivity contribution < 1.29 is 20.8 Å². The molecule has 5 aliphatic carbocycles. The molecular weight excluding hydrogens is 755 g/mol. The molecule has 0 amide bonds. The van der Waals surface area contributed by atoms with Crippen LogP contribution in [0.15, 0.2) is 84.9 Å². The molecule has 5 aromatic rings. The fraction of sp³-hybridized carbons (Fsp3) is 0.489. The molecule has 5 fully saturated rings. The summed E-state index contributed by atoms with van der Waals surface area (Å²) in [6.07, 6.45) is 17.2. The van der Waals surface area contributed by atoms with Gasteiger partial charge >= 0.3 is 37.9 Å². The summed E-state index contributed by atoms with van der Waals surface area (Å²) in [5.74, 6) is 4.54. The van der Waals surface area contributed by atoms with Crippen LogP contribution in [-0.2, 0) is 26.3 Å². The van der Waals surface area contributed by atoms with Gasteiger partial charge in [-0.15, -0.1) is 69.1 Å². The van der Waals surface area contributed by atoms with Crippen molar-refractivity contribution in [3.63, 3.8) is 0 Å². The number of halogens is 2. The van der Waals surface area contributed by atoms with Gasteiger partial charge in [0.05, 0.1) is 0 Å². The molecule has 0 aromatic heterocycles. The molecule has 10 rings (SSSR count). The van der Waals surface area contributed by atoms with Crippen LogP contribution in [0.25, 0.3) is 32.7 Å². The van der Waals surface area contributed by atoms with E-state index in [2.05, 4.69) is 119 Å².